The van der Waals surface area contributed by atoms with Gasteiger partial charge in [-0.3, -0.25) is 4.79 Å². The second-order valence-corrected chi connectivity index (χ2v) is 5.95. The molecule has 0 saturated carbocycles. The van der Waals surface area contributed by atoms with Crippen molar-refractivity contribution in [2.24, 2.45) is 0 Å². The van der Waals surface area contributed by atoms with E-state index in [1.807, 2.05) is 32.9 Å². The lowest BCUT2D eigenvalue weighted by Gasteiger charge is -2.17. The Bertz CT molecular complexity index is 684. The van der Waals surface area contributed by atoms with Crippen molar-refractivity contribution in [3.05, 3.63) is 68.9 Å². The van der Waals surface area contributed by atoms with Gasteiger partial charge in [0, 0.05) is 0 Å². The maximum absolute atomic E-state index is 13.5. The standard InChI is InChI=1S/C17H17BrFNO/c1-10-7-8-13(11(2)9-10)12(3)20-17(21)14-5-4-6-15(19)16(14)18/h4-9,12H,1-3H3,(H,20,21). The molecule has 0 aliphatic carbocycles. The number of nitrogens with one attached hydrogen (secondary N) is 1. The van der Waals surface area contributed by atoms with Gasteiger partial charge in [0.15, 0.2) is 0 Å². The molecule has 0 saturated heterocycles. The predicted molar refractivity (Wildman–Crippen MR) is 85.9 cm³/mol. The molecule has 1 atom stereocenters. The SMILES string of the molecule is Cc1ccc(C(C)NC(=O)c2cccc(F)c2Br)c(C)c1. The van der Waals surface area contributed by atoms with Crippen LogP contribution in [0, 0.1) is 19.7 Å². The molecule has 0 aliphatic rings. The maximum Gasteiger partial charge on any atom is 0.253 e. The molecule has 0 heterocycles. The molecule has 110 valence electrons. The zero-order chi connectivity index (χ0) is 15.6. The summed E-state index contributed by atoms with van der Waals surface area (Å²) >= 11 is 3.12. The first kappa shape index (κ1) is 15.7. The second kappa shape index (κ2) is 6.39. The summed E-state index contributed by atoms with van der Waals surface area (Å²) in [5, 5.41) is 2.91. The van der Waals surface area contributed by atoms with E-state index >= 15 is 0 Å². The molecule has 2 aromatic carbocycles. The van der Waals surface area contributed by atoms with Gasteiger partial charge >= 0.3 is 0 Å². The van der Waals surface area contributed by atoms with Crippen molar-refractivity contribution in [2.75, 3.05) is 0 Å². The molecule has 0 aliphatic heterocycles. The summed E-state index contributed by atoms with van der Waals surface area (Å²) in [4.78, 5) is 12.3. The van der Waals surface area contributed by atoms with Crippen molar-refractivity contribution < 1.29 is 9.18 Å². The van der Waals surface area contributed by atoms with Gasteiger partial charge in [0.2, 0.25) is 0 Å². The van der Waals surface area contributed by atoms with Crippen LogP contribution in [-0.2, 0) is 0 Å². The summed E-state index contributed by atoms with van der Waals surface area (Å²) in [5.41, 5.74) is 3.66. The van der Waals surface area contributed by atoms with E-state index in [-0.39, 0.29) is 16.4 Å². The third kappa shape index (κ3) is 3.50. The quantitative estimate of drug-likeness (QED) is 0.855. The van der Waals surface area contributed by atoms with Crippen LogP contribution in [0.5, 0.6) is 0 Å². The van der Waals surface area contributed by atoms with Crippen LogP contribution in [0.3, 0.4) is 0 Å². The number of amides is 1. The highest BCUT2D eigenvalue weighted by atomic mass is 79.9. The fourth-order valence-electron chi connectivity index (χ4n) is 2.34. The molecule has 2 nitrogen and oxygen atoms in total. The molecule has 1 amide bonds. The lowest BCUT2D eigenvalue weighted by molar-refractivity contribution is 0.0938. The van der Waals surface area contributed by atoms with Crippen LogP contribution in [0.15, 0.2) is 40.9 Å². The Balaban J connectivity index is 2.21. The highest BCUT2D eigenvalue weighted by Gasteiger charge is 2.16. The zero-order valence-electron chi connectivity index (χ0n) is 12.2. The van der Waals surface area contributed by atoms with E-state index in [1.165, 1.54) is 17.7 Å². The molecule has 21 heavy (non-hydrogen) atoms. The highest BCUT2D eigenvalue weighted by Crippen LogP contribution is 2.23. The van der Waals surface area contributed by atoms with Crippen molar-refractivity contribution in [3.63, 3.8) is 0 Å². The van der Waals surface area contributed by atoms with Gasteiger partial charge in [-0.15, -0.1) is 0 Å². The Morgan fingerprint density at radius 3 is 2.62 bits per heavy atom. The van der Waals surface area contributed by atoms with Gasteiger partial charge in [0.05, 0.1) is 16.1 Å². The van der Waals surface area contributed by atoms with Gasteiger partial charge in [0.1, 0.15) is 5.82 Å². The van der Waals surface area contributed by atoms with Gasteiger partial charge < -0.3 is 5.32 Å². The lowest BCUT2D eigenvalue weighted by Crippen LogP contribution is -2.27. The maximum atomic E-state index is 13.5. The van der Waals surface area contributed by atoms with Gasteiger partial charge in [0.25, 0.3) is 5.91 Å². The highest BCUT2D eigenvalue weighted by molar-refractivity contribution is 9.10. The molecular weight excluding hydrogens is 333 g/mol. The number of rotatable bonds is 3. The summed E-state index contributed by atoms with van der Waals surface area (Å²) in [6.07, 6.45) is 0. The molecule has 1 N–H and O–H groups in total. The fraction of sp³-hybridized carbons (Fsp3) is 0.235. The Hall–Kier alpha value is -1.68. The number of benzene rings is 2. The summed E-state index contributed by atoms with van der Waals surface area (Å²) in [6, 6.07) is 10.4. The molecule has 2 rings (SSSR count). The number of aryl methyl sites for hydroxylation is 2. The lowest BCUT2D eigenvalue weighted by atomic mass is 10.00. The topological polar surface area (TPSA) is 29.1 Å². The van der Waals surface area contributed by atoms with Crippen LogP contribution in [0.25, 0.3) is 0 Å². The molecule has 0 bridgehead atoms. The molecule has 2 aromatic rings. The molecule has 0 radical (unpaired) electrons. The first-order valence-electron chi connectivity index (χ1n) is 6.72. The average Bonchev–Trinajstić information content (AvgIpc) is 2.41. The van der Waals surface area contributed by atoms with Crippen LogP contribution in [0.1, 0.15) is 40.0 Å². The summed E-state index contributed by atoms with van der Waals surface area (Å²) < 4.78 is 13.7. The Labute approximate surface area is 132 Å². The van der Waals surface area contributed by atoms with E-state index in [0.717, 1.165) is 11.1 Å². The smallest absolute Gasteiger partial charge is 0.253 e. The van der Waals surface area contributed by atoms with Gasteiger partial charge in [-0.05, 0) is 60.0 Å². The van der Waals surface area contributed by atoms with E-state index in [4.69, 9.17) is 0 Å². The van der Waals surface area contributed by atoms with Crippen molar-refractivity contribution >= 4 is 21.8 Å². The number of hydrogen-bond donors (Lipinski definition) is 1. The van der Waals surface area contributed by atoms with E-state index in [2.05, 4.69) is 27.3 Å². The second-order valence-electron chi connectivity index (χ2n) is 5.16. The van der Waals surface area contributed by atoms with E-state index in [9.17, 15) is 9.18 Å². The van der Waals surface area contributed by atoms with Crippen molar-refractivity contribution in [3.8, 4) is 0 Å². The molecule has 0 spiro atoms. The first-order valence-corrected chi connectivity index (χ1v) is 7.51. The van der Waals surface area contributed by atoms with Crippen LogP contribution < -0.4 is 5.32 Å². The molecule has 0 aromatic heterocycles. The monoisotopic (exact) mass is 349 g/mol. The normalized spacial score (nSPS) is 12.0. The third-order valence-electron chi connectivity index (χ3n) is 3.44. The number of carbonyl (C=O) groups is 1. The minimum Gasteiger partial charge on any atom is -0.345 e. The van der Waals surface area contributed by atoms with Gasteiger partial charge in [-0.1, -0.05) is 29.8 Å². The molecular formula is C17H17BrFNO. The van der Waals surface area contributed by atoms with Gasteiger partial charge in [-0.2, -0.15) is 0 Å². The first-order chi connectivity index (χ1) is 9.90. The van der Waals surface area contributed by atoms with Crippen molar-refractivity contribution in [1.29, 1.82) is 0 Å². The number of hydrogen-bond acceptors (Lipinski definition) is 1. The Morgan fingerprint density at radius 2 is 1.95 bits per heavy atom. The van der Waals surface area contributed by atoms with Crippen LogP contribution in [0.4, 0.5) is 4.39 Å². The van der Waals surface area contributed by atoms with E-state index < -0.39 is 5.82 Å². The molecule has 0 fully saturated rings. The zero-order valence-corrected chi connectivity index (χ0v) is 13.8. The largest absolute Gasteiger partial charge is 0.345 e. The predicted octanol–water partition coefficient (Wildman–Crippen LogP) is 4.70. The fourth-order valence-corrected chi connectivity index (χ4v) is 2.79. The van der Waals surface area contributed by atoms with Crippen LogP contribution >= 0.6 is 15.9 Å². The third-order valence-corrected chi connectivity index (χ3v) is 4.24. The molecule has 4 heteroatoms. The van der Waals surface area contributed by atoms with Crippen LogP contribution in [0.2, 0.25) is 0 Å². The van der Waals surface area contributed by atoms with Crippen molar-refractivity contribution in [1.82, 2.24) is 5.32 Å². The summed E-state index contributed by atoms with van der Waals surface area (Å²) in [7, 11) is 0. The summed E-state index contributed by atoms with van der Waals surface area (Å²) in [6.45, 7) is 5.97. The van der Waals surface area contributed by atoms with Crippen LogP contribution in [-0.4, -0.2) is 5.91 Å². The number of halogens is 2. The summed E-state index contributed by atoms with van der Waals surface area (Å²) in [5.74, 6) is -0.740. The van der Waals surface area contributed by atoms with Gasteiger partial charge in [-0.25, -0.2) is 4.39 Å². The Kier molecular flexibility index (Phi) is 4.78. The van der Waals surface area contributed by atoms with Crippen molar-refractivity contribution in [2.45, 2.75) is 26.8 Å². The number of carbonyl (C=O) groups excluding carboxylic acids is 1. The van der Waals surface area contributed by atoms with E-state index in [0.29, 0.717) is 5.56 Å². The minimum atomic E-state index is -0.443. The van der Waals surface area contributed by atoms with E-state index in [1.54, 1.807) is 6.07 Å². The average molecular weight is 350 g/mol. The minimum absolute atomic E-state index is 0.145. The molecule has 1 unspecified atom stereocenters. The Morgan fingerprint density at radius 1 is 1.24 bits per heavy atom.